The first-order valence-corrected chi connectivity index (χ1v) is 6.35. The number of alkyl halides is 3. The zero-order chi connectivity index (χ0) is 15.3. The van der Waals surface area contributed by atoms with Gasteiger partial charge in [0, 0.05) is 12.1 Å². The predicted octanol–water partition coefficient (Wildman–Crippen LogP) is 3.38. The van der Waals surface area contributed by atoms with Gasteiger partial charge in [-0.3, -0.25) is 0 Å². The topological polar surface area (TPSA) is 47.1 Å². The van der Waals surface area contributed by atoms with Crippen molar-refractivity contribution in [3.8, 4) is 5.75 Å². The molecule has 0 unspecified atom stereocenters. The summed E-state index contributed by atoms with van der Waals surface area (Å²) in [6, 6.07) is 5.62. The van der Waals surface area contributed by atoms with E-state index >= 15 is 0 Å². The molecular weight excluding hydrogens is 285 g/mol. The van der Waals surface area contributed by atoms with E-state index in [2.05, 4.69) is 14.7 Å². The van der Waals surface area contributed by atoms with Crippen LogP contribution in [0.15, 0.2) is 30.6 Å². The summed E-state index contributed by atoms with van der Waals surface area (Å²) in [6.07, 6.45) is -2.35. The van der Waals surface area contributed by atoms with Crippen LogP contribution >= 0.6 is 0 Å². The van der Waals surface area contributed by atoms with E-state index in [0.29, 0.717) is 19.6 Å². The molecule has 1 N–H and O–H groups in total. The number of benzene rings is 1. The van der Waals surface area contributed by atoms with Crippen molar-refractivity contribution in [2.24, 2.45) is 0 Å². The minimum atomic E-state index is -4.67. The molecule has 0 atom stereocenters. The molecule has 1 aromatic carbocycles. The Morgan fingerprint density at radius 3 is 2.48 bits per heavy atom. The summed E-state index contributed by atoms with van der Waals surface area (Å²) in [5, 5.41) is 0. The molecule has 0 saturated carbocycles. The summed E-state index contributed by atoms with van der Waals surface area (Å²) < 4.78 is 45.3. The van der Waals surface area contributed by atoms with Crippen molar-refractivity contribution in [1.82, 2.24) is 9.97 Å². The minimum Gasteiger partial charge on any atom is -0.406 e. The first kappa shape index (κ1) is 15.4. The van der Waals surface area contributed by atoms with Crippen molar-refractivity contribution >= 4 is 0 Å². The highest BCUT2D eigenvalue weighted by Gasteiger charge is 2.30. The molecule has 0 amide bonds. The highest BCUT2D eigenvalue weighted by Crippen LogP contribution is 2.22. The van der Waals surface area contributed by atoms with Crippen molar-refractivity contribution in [3.63, 3.8) is 0 Å². The molecule has 4 nitrogen and oxygen atoms in total. The van der Waals surface area contributed by atoms with Crippen LogP contribution in [0.4, 0.5) is 13.2 Å². The van der Waals surface area contributed by atoms with Gasteiger partial charge in [0.25, 0.3) is 0 Å². The molecule has 0 fully saturated rings. The van der Waals surface area contributed by atoms with Gasteiger partial charge < -0.3 is 14.5 Å². The van der Waals surface area contributed by atoms with E-state index in [-0.39, 0.29) is 5.75 Å². The number of ether oxygens (including phenoxy) is 2. The number of nitrogens with one attached hydrogen (secondary N) is 1. The Morgan fingerprint density at radius 2 is 1.90 bits per heavy atom. The Labute approximate surface area is 119 Å². The number of halogens is 3. The second kappa shape index (κ2) is 6.62. The molecule has 7 heteroatoms. The Kier molecular flexibility index (Phi) is 4.85. The van der Waals surface area contributed by atoms with Gasteiger partial charge in [0.1, 0.15) is 5.75 Å². The summed E-state index contributed by atoms with van der Waals surface area (Å²) in [6.45, 7) is 2.75. The molecule has 21 heavy (non-hydrogen) atoms. The molecule has 0 radical (unpaired) electrons. The second-order valence-corrected chi connectivity index (χ2v) is 4.47. The van der Waals surface area contributed by atoms with Gasteiger partial charge in [0.05, 0.1) is 25.2 Å². The van der Waals surface area contributed by atoms with E-state index in [4.69, 9.17) is 4.74 Å². The van der Waals surface area contributed by atoms with Gasteiger partial charge in [-0.05, 0) is 24.6 Å². The fraction of sp³-hybridized carbons (Fsp3) is 0.357. The molecule has 0 bridgehead atoms. The SMILES string of the molecule is Cc1[nH]cnc1CCOCc1ccc(OC(F)(F)F)cc1. The number of hydrogen-bond acceptors (Lipinski definition) is 3. The number of aromatic nitrogens is 2. The highest BCUT2D eigenvalue weighted by atomic mass is 19.4. The van der Waals surface area contributed by atoms with Gasteiger partial charge in [-0.25, -0.2) is 4.98 Å². The maximum atomic E-state index is 12.0. The molecule has 1 aromatic heterocycles. The van der Waals surface area contributed by atoms with Crippen molar-refractivity contribution in [3.05, 3.63) is 47.5 Å². The van der Waals surface area contributed by atoms with Gasteiger partial charge in [0.2, 0.25) is 0 Å². The molecule has 0 aliphatic carbocycles. The average molecular weight is 300 g/mol. The lowest BCUT2D eigenvalue weighted by molar-refractivity contribution is -0.274. The third-order valence-corrected chi connectivity index (χ3v) is 2.84. The van der Waals surface area contributed by atoms with Crippen LogP contribution in [0.2, 0.25) is 0 Å². The number of imidazole rings is 1. The van der Waals surface area contributed by atoms with Crippen LogP contribution in [0, 0.1) is 6.92 Å². The van der Waals surface area contributed by atoms with E-state index in [1.807, 2.05) is 6.92 Å². The van der Waals surface area contributed by atoms with Crippen LogP contribution in [-0.4, -0.2) is 22.9 Å². The lowest BCUT2D eigenvalue weighted by Crippen LogP contribution is -2.17. The van der Waals surface area contributed by atoms with Gasteiger partial charge in [0.15, 0.2) is 0 Å². The highest BCUT2D eigenvalue weighted by molar-refractivity contribution is 5.27. The number of H-pyrrole nitrogens is 1. The molecule has 0 aliphatic rings. The maximum Gasteiger partial charge on any atom is 0.573 e. The number of nitrogens with zero attached hydrogens (tertiary/aromatic N) is 1. The van der Waals surface area contributed by atoms with Crippen LogP contribution < -0.4 is 4.74 Å². The molecule has 0 saturated heterocycles. The van der Waals surface area contributed by atoms with E-state index in [0.717, 1.165) is 17.0 Å². The van der Waals surface area contributed by atoms with E-state index in [9.17, 15) is 13.2 Å². The van der Waals surface area contributed by atoms with Gasteiger partial charge in [-0.1, -0.05) is 12.1 Å². The van der Waals surface area contributed by atoms with Crippen molar-refractivity contribution in [2.75, 3.05) is 6.61 Å². The van der Waals surface area contributed by atoms with Crippen molar-refractivity contribution in [2.45, 2.75) is 26.3 Å². The minimum absolute atomic E-state index is 0.238. The Balaban J connectivity index is 1.75. The molecule has 2 aromatic rings. The fourth-order valence-corrected chi connectivity index (χ4v) is 1.79. The molecule has 114 valence electrons. The van der Waals surface area contributed by atoms with Gasteiger partial charge in [-0.2, -0.15) is 0 Å². The van der Waals surface area contributed by atoms with Crippen LogP contribution in [0.5, 0.6) is 5.75 Å². The summed E-state index contributed by atoms with van der Waals surface area (Å²) in [5.74, 6) is -0.238. The van der Waals surface area contributed by atoms with Crippen LogP contribution in [0.25, 0.3) is 0 Å². The predicted molar refractivity (Wildman–Crippen MR) is 69.8 cm³/mol. The standard InChI is InChI=1S/C14H15F3N2O2/c1-10-13(19-9-18-10)6-7-20-8-11-2-4-12(5-3-11)21-14(15,16)17/h2-5,9H,6-8H2,1H3,(H,18,19). The first-order valence-electron chi connectivity index (χ1n) is 6.35. The molecule has 2 rings (SSSR count). The molecule has 0 spiro atoms. The Bertz CT molecular complexity index is 564. The smallest absolute Gasteiger partial charge is 0.406 e. The second-order valence-electron chi connectivity index (χ2n) is 4.47. The van der Waals surface area contributed by atoms with E-state index in [1.165, 1.54) is 12.1 Å². The largest absolute Gasteiger partial charge is 0.573 e. The van der Waals surface area contributed by atoms with Crippen LogP contribution in [0.3, 0.4) is 0 Å². The summed E-state index contributed by atoms with van der Waals surface area (Å²) in [5.41, 5.74) is 2.74. The zero-order valence-electron chi connectivity index (χ0n) is 11.4. The third kappa shape index (κ3) is 5.11. The maximum absolute atomic E-state index is 12.0. The molecule has 0 aliphatic heterocycles. The summed E-state index contributed by atoms with van der Waals surface area (Å²) >= 11 is 0. The summed E-state index contributed by atoms with van der Waals surface area (Å²) in [7, 11) is 0. The number of hydrogen-bond donors (Lipinski definition) is 1. The van der Waals surface area contributed by atoms with Crippen LogP contribution in [0.1, 0.15) is 17.0 Å². The molecular formula is C14H15F3N2O2. The monoisotopic (exact) mass is 300 g/mol. The molecule has 1 heterocycles. The van der Waals surface area contributed by atoms with E-state index in [1.54, 1.807) is 18.5 Å². The number of rotatable bonds is 6. The lowest BCUT2D eigenvalue weighted by atomic mass is 10.2. The fourth-order valence-electron chi connectivity index (χ4n) is 1.79. The van der Waals surface area contributed by atoms with Crippen molar-refractivity contribution in [1.29, 1.82) is 0 Å². The zero-order valence-corrected chi connectivity index (χ0v) is 11.4. The number of aromatic amines is 1. The lowest BCUT2D eigenvalue weighted by Gasteiger charge is -2.09. The van der Waals surface area contributed by atoms with Gasteiger partial charge >= 0.3 is 6.36 Å². The van der Waals surface area contributed by atoms with E-state index < -0.39 is 6.36 Å². The Hall–Kier alpha value is -2.02. The normalized spacial score (nSPS) is 11.6. The quantitative estimate of drug-likeness (QED) is 0.832. The average Bonchev–Trinajstić information content (AvgIpc) is 2.80. The summed E-state index contributed by atoms with van der Waals surface area (Å²) in [4.78, 5) is 7.13. The van der Waals surface area contributed by atoms with Gasteiger partial charge in [-0.15, -0.1) is 13.2 Å². The van der Waals surface area contributed by atoms with Crippen molar-refractivity contribution < 1.29 is 22.6 Å². The third-order valence-electron chi connectivity index (χ3n) is 2.84. The number of aryl methyl sites for hydroxylation is 1. The Morgan fingerprint density at radius 1 is 1.19 bits per heavy atom. The van der Waals surface area contributed by atoms with Crippen LogP contribution in [-0.2, 0) is 17.8 Å². The first-order chi connectivity index (χ1) is 9.94.